The van der Waals surface area contributed by atoms with Gasteiger partial charge >= 0.3 is 0 Å². The molecule has 1 aliphatic heterocycles. The Labute approximate surface area is 156 Å². The molecule has 24 heavy (non-hydrogen) atoms. The van der Waals surface area contributed by atoms with Crippen LogP contribution in [-0.4, -0.2) is 37.9 Å². The normalized spacial score (nSPS) is 22.6. The maximum atomic E-state index is 6.16. The van der Waals surface area contributed by atoms with Crippen molar-refractivity contribution in [3.8, 4) is 5.69 Å². The average Bonchev–Trinajstić information content (AvgIpc) is 3.04. The minimum Gasteiger partial charge on any atom is -0.341 e. The molecule has 2 aliphatic rings. The lowest BCUT2D eigenvalue weighted by atomic mass is 10.1. The van der Waals surface area contributed by atoms with E-state index in [1.165, 1.54) is 19.3 Å². The van der Waals surface area contributed by atoms with Gasteiger partial charge in [-0.05, 0) is 37.8 Å². The molecule has 0 N–H and O–H groups in total. The maximum absolute atomic E-state index is 6.16. The second-order valence-electron chi connectivity index (χ2n) is 6.47. The molecule has 2 aromatic rings. The highest BCUT2D eigenvalue weighted by Crippen LogP contribution is 2.54. The fourth-order valence-electron chi connectivity index (χ4n) is 3.08. The molecule has 0 bridgehead atoms. The lowest BCUT2D eigenvalue weighted by Gasteiger charge is -2.27. The highest BCUT2D eigenvalue weighted by molar-refractivity contribution is 7.99. The molecule has 1 saturated carbocycles. The first-order chi connectivity index (χ1) is 11.6. The molecule has 0 unspecified atom stereocenters. The summed E-state index contributed by atoms with van der Waals surface area (Å²) in [5.41, 5.74) is 1.10. The number of aromatic nitrogens is 3. The summed E-state index contributed by atoms with van der Waals surface area (Å²) < 4.78 is 1.63. The number of alkyl halides is 2. The number of thioether (sulfide) groups is 1. The zero-order valence-corrected chi connectivity index (χ0v) is 15.7. The van der Waals surface area contributed by atoms with Crippen LogP contribution in [0, 0.1) is 5.92 Å². The number of rotatable bonds is 5. The number of nitrogens with zero attached hydrogens (tertiary/aromatic N) is 4. The molecule has 0 radical (unpaired) electrons. The van der Waals surface area contributed by atoms with Crippen molar-refractivity contribution in [1.29, 1.82) is 0 Å². The quantitative estimate of drug-likeness (QED) is 0.561. The van der Waals surface area contributed by atoms with E-state index >= 15 is 0 Å². The van der Waals surface area contributed by atoms with Crippen LogP contribution in [0.25, 0.3) is 5.69 Å². The van der Waals surface area contributed by atoms with E-state index in [1.54, 1.807) is 11.8 Å². The van der Waals surface area contributed by atoms with Crippen molar-refractivity contribution in [1.82, 2.24) is 14.8 Å². The summed E-state index contributed by atoms with van der Waals surface area (Å²) in [5, 5.41) is 9.88. The first kappa shape index (κ1) is 16.6. The Morgan fingerprint density at radius 2 is 1.79 bits per heavy atom. The third-order valence-electron chi connectivity index (χ3n) is 4.64. The molecule has 0 amide bonds. The fraction of sp³-hybridized carbons (Fsp3) is 0.529. The Morgan fingerprint density at radius 3 is 2.46 bits per heavy atom. The number of piperidine rings is 1. The Hall–Kier alpha value is -0.910. The summed E-state index contributed by atoms with van der Waals surface area (Å²) in [6, 6.07) is 10.3. The molecule has 1 aliphatic carbocycles. The van der Waals surface area contributed by atoms with E-state index in [4.69, 9.17) is 23.2 Å². The van der Waals surface area contributed by atoms with Crippen molar-refractivity contribution in [2.75, 3.05) is 23.7 Å². The zero-order valence-electron chi connectivity index (χ0n) is 13.4. The Bertz CT molecular complexity index is 698. The van der Waals surface area contributed by atoms with Gasteiger partial charge in [0.2, 0.25) is 5.95 Å². The van der Waals surface area contributed by atoms with Crippen LogP contribution in [0.1, 0.15) is 25.7 Å². The second kappa shape index (κ2) is 6.77. The summed E-state index contributed by atoms with van der Waals surface area (Å²) in [6.45, 7) is 2.09. The summed E-state index contributed by atoms with van der Waals surface area (Å²) in [4.78, 5) is 2.35. The first-order valence-corrected chi connectivity index (χ1v) is 10.2. The van der Waals surface area contributed by atoms with Crippen LogP contribution in [0.3, 0.4) is 0 Å². The van der Waals surface area contributed by atoms with Crippen LogP contribution < -0.4 is 4.90 Å². The van der Waals surface area contributed by atoms with Crippen LogP contribution >= 0.6 is 35.0 Å². The second-order valence-corrected chi connectivity index (χ2v) is 9.00. The van der Waals surface area contributed by atoms with Crippen molar-refractivity contribution >= 4 is 40.9 Å². The van der Waals surface area contributed by atoms with Gasteiger partial charge in [-0.15, -0.1) is 33.4 Å². The van der Waals surface area contributed by atoms with E-state index in [-0.39, 0.29) is 0 Å². The van der Waals surface area contributed by atoms with Gasteiger partial charge in [-0.25, -0.2) is 0 Å². The number of anilines is 1. The molecule has 4 rings (SSSR count). The third-order valence-corrected chi connectivity index (χ3v) is 6.66. The Balaban J connectivity index is 1.62. The lowest BCUT2D eigenvalue weighted by Crippen LogP contribution is -2.31. The summed E-state index contributed by atoms with van der Waals surface area (Å²) >= 11 is 14.0. The van der Waals surface area contributed by atoms with Crippen molar-refractivity contribution in [3.63, 3.8) is 0 Å². The number of hydrogen-bond donors (Lipinski definition) is 0. The highest BCUT2D eigenvalue weighted by atomic mass is 35.5. The van der Waals surface area contributed by atoms with Gasteiger partial charge in [-0.2, -0.15) is 0 Å². The van der Waals surface area contributed by atoms with E-state index in [0.717, 1.165) is 42.1 Å². The van der Waals surface area contributed by atoms with Gasteiger partial charge in [-0.3, -0.25) is 4.57 Å². The third kappa shape index (κ3) is 3.39. The van der Waals surface area contributed by atoms with Crippen LogP contribution in [0.5, 0.6) is 0 Å². The highest BCUT2D eigenvalue weighted by Gasteiger charge is 2.51. The predicted molar refractivity (Wildman–Crippen MR) is 101 cm³/mol. The smallest absolute Gasteiger partial charge is 0.232 e. The van der Waals surface area contributed by atoms with Gasteiger partial charge in [0.25, 0.3) is 0 Å². The van der Waals surface area contributed by atoms with Crippen molar-refractivity contribution in [2.24, 2.45) is 5.92 Å². The molecule has 7 heteroatoms. The molecule has 2 fully saturated rings. The SMILES string of the molecule is ClC1(Cl)C[C@H]1CSc1nnc(N2CCCCC2)n1-c1ccccc1. The van der Waals surface area contributed by atoms with E-state index in [1.807, 2.05) is 18.2 Å². The molecule has 2 heterocycles. The van der Waals surface area contributed by atoms with Crippen molar-refractivity contribution in [3.05, 3.63) is 30.3 Å². The number of hydrogen-bond acceptors (Lipinski definition) is 4. The largest absolute Gasteiger partial charge is 0.341 e. The monoisotopic (exact) mass is 382 g/mol. The Kier molecular flexibility index (Phi) is 4.67. The molecule has 128 valence electrons. The van der Waals surface area contributed by atoms with Gasteiger partial charge < -0.3 is 4.90 Å². The molecule has 1 aromatic heterocycles. The van der Waals surface area contributed by atoms with Gasteiger partial charge in [0, 0.05) is 24.8 Å². The summed E-state index contributed by atoms with van der Waals surface area (Å²) in [7, 11) is 0. The lowest BCUT2D eigenvalue weighted by molar-refractivity contribution is 0.564. The molecule has 0 spiro atoms. The Morgan fingerprint density at radius 1 is 1.08 bits per heavy atom. The number of para-hydroxylation sites is 1. The minimum absolute atomic E-state index is 0.338. The fourth-order valence-corrected chi connectivity index (χ4v) is 4.96. The summed E-state index contributed by atoms with van der Waals surface area (Å²) in [6.07, 6.45) is 4.59. The van der Waals surface area contributed by atoms with Crippen LogP contribution in [0.15, 0.2) is 35.5 Å². The topological polar surface area (TPSA) is 34.0 Å². The summed E-state index contributed by atoms with van der Waals surface area (Å²) in [5.74, 6) is 2.16. The van der Waals surface area contributed by atoms with E-state index in [9.17, 15) is 0 Å². The molecular weight excluding hydrogens is 363 g/mol. The molecule has 4 nitrogen and oxygen atoms in total. The van der Waals surface area contributed by atoms with Gasteiger partial charge in [0.1, 0.15) is 4.33 Å². The van der Waals surface area contributed by atoms with Crippen molar-refractivity contribution < 1.29 is 0 Å². The average molecular weight is 383 g/mol. The zero-order chi connectivity index (χ0) is 16.6. The molecule has 1 atom stereocenters. The molecule has 1 aromatic carbocycles. The van der Waals surface area contributed by atoms with Crippen LogP contribution in [-0.2, 0) is 0 Å². The minimum atomic E-state index is -0.541. The predicted octanol–water partition coefficient (Wildman–Crippen LogP) is 4.54. The van der Waals surface area contributed by atoms with Crippen molar-refractivity contribution in [2.45, 2.75) is 35.2 Å². The van der Waals surface area contributed by atoms with Gasteiger partial charge in [0.05, 0.1) is 5.69 Å². The van der Waals surface area contributed by atoms with Crippen LogP contribution in [0.4, 0.5) is 5.95 Å². The van der Waals surface area contributed by atoms with Gasteiger partial charge in [-0.1, -0.05) is 30.0 Å². The number of benzene rings is 1. The van der Waals surface area contributed by atoms with E-state index < -0.39 is 4.33 Å². The molecular formula is C17H20Cl2N4S. The van der Waals surface area contributed by atoms with Gasteiger partial charge in [0.15, 0.2) is 5.16 Å². The standard InChI is InChI=1S/C17H20Cl2N4S/c18-17(19)11-13(17)12-24-16-21-20-15(22-9-5-2-6-10-22)23(16)14-7-3-1-4-8-14/h1,3-4,7-8,13H,2,5-6,9-12H2/t13-/m0/s1. The van der Waals surface area contributed by atoms with E-state index in [0.29, 0.717) is 5.92 Å². The maximum Gasteiger partial charge on any atom is 0.232 e. The van der Waals surface area contributed by atoms with Crippen LogP contribution in [0.2, 0.25) is 0 Å². The molecule has 1 saturated heterocycles. The van der Waals surface area contributed by atoms with E-state index in [2.05, 4.69) is 31.8 Å². The number of halogens is 2. The first-order valence-electron chi connectivity index (χ1n) is 8.41.